The first-order valence-corrected chi connectivity index (χ1v) is 8.52. The zero-order valence-electron chi connectivity index (χ0n) is 12.5. The van der Waals surface area contributed by atoms with Gasteiger partial charge in [0, 0.05) is 10.1 Å². The molecule has 1 rings (SSSR count). The van der Waals surface area contributed by atoms with Crippen LogP contribution in [0.3, 0.4) is 0 Å². The Labute approximate surface area is 140 Å². The van der Waals surface area contributed by atoms with E-state index in [1.54, 1.807) is 24.8 Å². The monoisotopic (exact) mass is 349 g/mol. The number of hydrogen-bond acceptors (Lipinski definition) is 3. The van der Waals surface area contributed by atoms with Crippen molar-refractivity contribution in [1.29, 1.82) is 0 Å². The quantitative estimate of drug-likeness (QED) is 0.667. The molecule has 0 spiro atoms. The minimum absolute atomic E-state index is 0.132. The van der Waals surface area contributed by atoms with Crippen molar-refractivity contribution in [1.82, 2.24) is 5.32 Å². The van der Waals surface area contributed by atoms with Crippen LogP contribution in [0.4, 0.5) is 0 Å². The molecule has 0 aliphatic carbocycles. The molecule has 0 aliphatic heterocycles. The lowest BCUT2D eigenvalue weighted by atomic mass is 9.96. The molecule has 118 valence electrons. The van der Waals surface area contributed by atoms with Crippen LogP contribution < -0.4 is 5.32 Å². The van der Waals surface area contributed by atoms with Gasteiger partial charge in [-0.2, -0.15) is 0 Å². The molecule has 0 amide bonds. The van der Waals surface area contributed by atoms with Crippen LogP contribution in [-0.4, -0.2) is 28.4 Å². The highest BCUT2D eigenvalue weighted by molar-refractivity contribution is 8.00. The van der Waals surface area contributed by atoms with Crippen molar-refractivity contribution in [3.63, 3.8) is 0 Å². The summed E-state index contributed by atoms with van der Waals surface area (Å²) in [5.74, 6) is -0.822. The number of benzene rings is 1. The summed E-state index contributed by atoms with van der Waals surface area (Å²) in [6.07, 6.45) is 1.42. The molecule has 0 aromatic heterocycles. The van der Waals surface area contributed by atoms with Gasteiger partial charge in [-0.15, -0.1) is 11.8 Å². The number of thioether (sulfide) groups is 1. The van der Waals surface area contributed by atoms with Crippen LogP contribution in [0.2, 0.25) is 10.0 Å². The van der Waals surface area contributed by atoms with E-state index >= 15 is 0 Å². The first-order chi connectivity index (χ1) is 9.78. The van der Waals surface area contributed by atoms with Gasteiger partial charge in [0.25, 0.3) is 0 Å². The van der Waals surface area contributed by atoms with Crippen LogP contribution in [0.15, 0.2) is 23.1 Å². The number of nitrogens with one attached hydrogen (secondary N) is 1. The van der Waals surface area contributed by atoms with E-state index in [-0.39, 0.29) is 5.25 Å². The van der Waals surface area contributed by atoms with E-state index in [0.717, 1.165) is 11.3 Å². The second-order valence-corrected chi connectivity index (χ2v) is 7.60. The fourth-order valence-corrected chi connectivity index (χ4v) is 3.61. The van der Waals surface area contributed by atoms with Gasteiger partial charge >= 0.3 is 5.97 Å². The summed E-state index contributed by atoms with van der Waals surface area (Å²) < 4.78 is 0. The van der Waals surface area contributed by atoms with Crippen molar-refractivity contribution >= 4 is 40.9 Å². The number of rotatable bonds is 8. The Morgan fingerprint density at radius 2 is 2.10 bits per heavy atom. The zero-order chi connectivity index (χ0) is 16.0. The van der Waals surface area contributed by atoms with Crippen LogP contribution in [0.1, 0.15) is 33.6 Å². The lowest BCUT2D eigenvalue weighted by molar-refractivity contribution is -0.144. The average molecular weight is 350 g/mol. The predicted octanol–water partition coefficient (Wildman–Crippen LogP) is 4.71. The Morgan fingerprint density at radius 3 is 2.62 bits per heavy atom. The van der Waals surface area contributed by atoms with Crippen molar-refractivity contribution in [2.75, 3.05) is 6.54 Å². The number of carboxylic acid groups (broad SMARTS) is 1. The SMILES string of the molecule is CCCNC(C)(CC(C)Sc1ccc(Cl)c(Cl)c1)C(=O)O. The van der Waals surface area contributed by atoms with Crippen LogP contribution in [0, 0.1) is 0 Å². The van der Waals surface area contributed by atoms with E-state index in [1.165, 1.54) is 0 Å². The molecular weight excluding hydrogens is 329 g/mol. The number of carboxylic acids is 1. The summed E-state index contributed by atoms with van der Waals surface area (Å²) in [4.78, 5) is 12.5. The molecule has 0 radical (unpaired) electrons. The van der Waals surface area contributed by atoms with E-state index in [0.29, 0.717) is 23.0 Å². The summed E-state index contributed by atoms with van der Waals surface area (Å²) >= 11 is 13.5. The highest BCUT2D eigenvalue weighted by Gasteiger charge is 2.34. The smallest absolute Gasteiger partial charge is 0.323 e. The summed E-state index contributed by atoms with van der Waals surface area (Å²) in [5, 5.41) is 13.7. The lowest BCUT2D eigenvalue weighted by Gasteiger charge is -2.29. The molecule has 0 aliphatic rings. The van der Waals surface area contributed by atoms with Gasteiger partial charge in [0.1, 0.15) is 5.54 Å². The lowest BCUT2D eigenvalue weighted by Crippen LogP contribution is -2.51. The van der Waals surface area contributed by atoms with Gasteiger partial charge in [-0.3, -0.25) is 4.79 Å². The van der Waals surface area contributed by atoms with Crippen molar-refractivity contribution in [3.8, 4) is 0 Å². The molecule has 0 heterocycles. The highest BCUT2D eigenvalue weighted by Crippen LogP contribution is 2.33. The molecule has 1 aromatic rings. The van der Waals surface area contributed by atoms with Gasteiger partial charge in [0.15, 0.2) is 0 Å². The third-order valence-electron chi connectivity index (χ3n) is 3.16. The zero-order valence-corrected chi connectivity index (χ0v) is 14.8. The fourth-order valence-electron chi connectivity index (χ4n) is 2.04. The van der Waals surface area contributed by atoms with Gasteiger partial charge in [-0.1, -0.05) is 37.0 Å². The van der Waals surface area contributed by atoms with Gasteiger partial charge in [0.2, 0.25) is 0 Å². The molecule has 0 saturated heterocycles. The standard InChI is InChI=1S/C15H21Cl2NO2S/c1-4-7-18-15(3,14(19)20)9-10(2)21-11-5-6-12(16)13(17)8-11/h5-6,8,10,18H,4,7,9H2,1-3H3,(H,19,20). The van der Waals surface area contributed by atoms with Crippen molar-refractivity contribution in [2.45, 2.75) is 49.3 Å². The maximum absolute atomic E-state index is 11.5. The number of aliphatic carboxylic acids is 1. The van der Waals surface area contributed by atoms with Crippen LogP contribution >= 0.6 is 35.0 Å². The Bertz CT molecular complexity index is 499. The first-order valence-electron chi connectivity index (χ1n) is 6.88. The van der Waals surface area contributed by atoms with Crippen molar-refractivity contribution < 1.29 is 9.90 Å². The minimum atomic E-state index is -0.918. The van der Waals surface area contributed by atoms with Crippen LogP contribution in [0.5, 0.6) is 0 Å². The second-order valence-electron chi connectivity index (χ2n) is 5.27. The van der Waals surface area contributed by atoms with E-state index in [4.69, 9.17) is 23.2 Å². The molecule has 21 heavy (non-hydrogen) atoms. The second kappa shape index (κ2) is 8.28. The maximum Gasteiger partial charge on any atom is 0.323 e. The Hall–Kier alpha value is -0.420. The third-order valence-corrected chi connectivity index (χ3v) is 5.00. The molecular formula is C15H21Cl2NO2S. The Kier molecular flexibility index (Phi) is 7.34. The topological polar surface area (TPSA) is 49.3 Å². The summed E-state index contributed by atoms with van der Waals surface area (Å²) in [6.45, 7) is 6.45. The molecule has 3 nitrogen and oxygen atoms in total. The highest BCUT2D eigenvalue weighted by atomic mass is 35.5. The molecule has 2 N–H and O–H groups in total. The van der Waals surface area contributed by atoms with E-state index < -0.39 is 11.5 Å². The predicted molar refractivity (Wildman–Crippen MR) is 90.7 cm³/mol. The maximum atomic E-state index is 11.5. The van der Waals surface area contributed by atoms with Gasteiger partial charge < -0.3 is 10.4 Å². The number of carbonyl (C=O) groups is 1. The molecule has 0 bridgehead atoms. The van der Waals surface area contributed by atoms with Crippen LogP contribution in [-0.2, 0) is 4.79 Å². The van der Waals surface area contributed by atoms with E-state index in [1.807, 2.05) is 26.0 Å². The molecule has 0 saturated carbocycles. The average Bonchev–Trinajstić information content (AvgIpc) is 2.40. The summed E-state index contributed by atoms with van der Waals surface area (Å²) in [7, 11) is 0. The molecule has 1 aromatic carbocycles. The van der Waals surface area contributed by atoms with E-state index in [2.05, 4.69) is 5.32 Å². The molecule has 2 unspecified atom stereocenters. The number of halogens is 2. The first kappa shape index (κ1) is 18.6. The summed E-state index contributed by atoms with van der Waals surface area (Å²) in [5.41, 5.74) is -0.918. The normalized spacial score (nSPS) is 15.5. The van der Waals surface area contributed by atoms with Gasteiger partial charge in [0.05, 0.1) is 10.0 Å². The van der Waals surface area contributed by atoms with Gasteiger partial charge in [-0.05, 0) is 44.5 Å². The van der Waals surface area contributed by atoms with E-state index in [9.17, 15) is 9.90 Å². The third kappa shape index (κ3) is 5.70. The number of hydrogen-bond donors (Lipinski definition) is 2. The molecule has 2 atom stereocenters. The Morgan fingerprint density at radius 1 is 1.43 bits per heavy atom. The van der Waals surface area contributed by atoms with Crippen molar-refractivity contribution in [3.05, 3.63) is 28.2 Å². The van der Waals surface area contributed by atoms with Crippen LogP contribution in [0.25, 0.3) is 0 Å². The van der Waals surface area contributed by atoms with Gasteiger partial charge in [-0.25, -0.2) is 0 Å². The minimum Gasteiger partial charge on any atom is -0.480 e. The largest absolute Gasteiger partial charge is 0.480 e. The summed E-state index contributed by atoms with van der Waals surface area (Å²) in [6, 6.07) is 5.46. The Balaban J connectivity index is 2.71. The van der Waals surface area contributed by atoms with Crippen molar-refractivity contribution in [2.24, 2.45) is 0 Å². The molecule has 0 fully saturated rings. The fraction of sp³-hybridized carbons (Fsp3) is 0.533. The molecule has 6 heteroatoms.